The number of benzene rings is 1. The van der Waals surface area contributed by atoms with Crippen molar-refractivity contribution in [2.45, 2.75) is 6.92 Å². The fourth-order valence-corrected chi connectivity index (χ4v) is 1.24. The van der Waals surface area contributed by atoms with Gasteiger partial charge < -0.3 is 10.6 Å². The third kappa shape index (κ3) is 1.40. The molecule has 66 valence electrons. The lowest BCUT2D eigenvalue weighted by atomic mass is 10.2. The van der Waals surface area contributed by atoms with Gasteiger partial charge in [0.05, 0.1) is 17.1 Å². The molecule has 0 bridgehead atoms. The zero-order valence-corrected chi connectivity index (χ0v) is 7.29. The molecular weight excluding hydrogens is 164 g/mol. The van der Waals surface area contributed by atoms with Gasteiger partial charge in [0.25, 0.3) is 0 Å². The Morgan fingerprint density at radius 2 is 1.92 bits per heavy atom. The fraction of sp³-hybridized carbons (Fsp3) is 0.100. The Balaban J connectivity index is 2.33. The van der Waals surface area contributed by atoms with Crippen molar-refractivity contribution >= 4 is 17.2 Å². The first kappa shape index (κ1) is 7.86. The Morgan fingerprint density at radius 1 is 1.23 bits per heavy atom. The summed E-state index contributed by atoms with van der Waals surface area (Å²) in [6, 6.07) is 7.75. The number of carbonyl (C=O) groups is 1. The van der Waals surface area contributed by atoms with Crippen LogP contribution in [0.15, 0.2) is 36.2 Å². The monoisotopic (exact) mass is 174 g/mol. The lowest BCUT2D eigenvalue weighted by Gasteiger charge is -2.18. The van der Waals surface area contributed by atoms with Crippen molar-refractivity contribution in [1.82, 2.24) is 0 Å². The highest BCUT2D eigenvalue weighted by Gasteiger charge is 2.11. The van der Waals surface area contributed by atoms with Gasteiger partial charge in [-0.15, -0.1) is 0 Å². The smallest absolute Gasteiger partial charge is 0.177 e. The highest BCUT2D eigenvalue weighted by molar-refractivity contribution is 5.98. The molecule has 0 aromatic heterocycles. The van der Waals surface area contributed by atoms with E-state index in [1.807, 2.05) is 24.3 Å². The number of ketones is 1. The molecule has 0 radical (unpaired) electrons. The van der Waals surface area contributed by atoms with E-state index in [0.29, 0.717) is 5.70 Å². The molecule has 2 N–H and O–H groups in total. The normalized spacial score (nSPS) is 13.5. The van der Waals surface area contributed by atoms with Crippen LogP contribution in [0, 0.1) is 0 Å². The van der Waals surface area contributed by atoms with Gasteiger partial charge in [-0.05, 0) is 12.1 Å². The minimum Gasteiger partial charge on any atom is -0.358 e. The number of nitrogens with one attached hydrogen (secondary N) is 2. The van der Waals surface area contributed by atoms with Crippen molar-refractivity contribution in [2.75, 3.05) is 10.6 Å². The summed E-state index contributed by atoms with van der Waals surface area (Å²) in [5, 5.41) is 6.09. The van der Waals surface area contributed by atoms with E-state index in [-0.39, 0.29) is 5.78 Å². The molecule has 0 spiro atoms. The van der Waals surface area contributed by atoms with Crippen LogP contribution in [0.3, 0.4) is 0 Å². The van der Waals surface area contributed by atoms with E-state index in [1.165, 1.54) is 6.92 Å². The Morgan fingerprint density at radius 3 is 2.62 bits per heavy atom. The molecule has 2 rings (SSSR count). The number of carbonyl (C=O) groups excluding carboxylic acids is 1. The predicted octanol–water partition coefficient (Wildman–Crippen LogP) is 1.95. The summed E-state index contributed by atoms with van der Waals surface area (Å²) in [6.45, 7) is 1.54. The van der Waals surface area contributed by atoms with Crippen LogP contribution in [-0.2, 0) is 4.79 Å². The minimum atomic E-state index is 0.0296. The lowest BCUT2D eigenvalue weighted by molar-refractivity contribution is -0.113. The largest absolute Gasteiger partial charge is 0.358 e. The first-order valence-corrected chi connectivity index (χ1v) is 4.11. The average molecular weight is 174 g/mol. The molecule has 0 saturated carbocycles. The van der Waals surface area contributed by atoms with Gasteiger partial charge in [-0.25, -0.2) is 0 Å². The zero-order valence-electron chi connectivity index (χ0n) is 7.29. The average Bonchev–Trinajstić information content (AvgIpc) is 2.17. The molecule has 1 heterocycles. The van der Waals surface area contributed by atoms with Gasteiger partial charge in [-0.1, -0.05) is 12.1 Å². The Kier molecular flexibility index (Phi) is 1.77. The molecule has 1 aliphatic heterocycles. The molecule has 3 nitrogen and oxygen atoms in total. The van der Waals surface area contributed by atoms with Crippen LogP contribution in [-0.4, -0.2) is 5.78 Å². The van der Waals surface area contributed by atoms with Gasteiger partial charge in [0.2, 0.25) is 0 Å². The van der Waals surface area contributed by atoms with Crippen LogP contribution in [0.25, 0.3) is 0 Å². The summed E-state index contributed by atoms with van der Waals surface area (Å²) in [4.78, 5) is 11.0. The van der Waals surface area contributed by atoms with E-state index >= 15 is 0 Å². The first-order chi connectivity index (χ1) is 6.27. The van der Waals surface area contributed by atoms with Gasteiger partial charge in [-0.2, -0.15) is 0 Å². The molecule has 0 saturated heterocycles. The van der Waals surface area contributed by atoms with Gasteiger partial charge in [-0.3, -0.25) is 4.79 Å². The van der Waals surface area contributed by atoms with E-state index in [0.717, 1.165) is 11.4 Å². The number of allylic oxidation sites excluding steroid dienone is 1. The van der Waals surface area contributed by atoms with Crippen LogP contribution in [0.2, 0.25) is 0 Å². The van der Waals surface area contributed by atoms with E-state index in [4.69, 9.17) is 0 Å². The summed E-state index contributed by atoms with van der Waals surface area (Å²) in [7, 11) is 0. The molecule has 3 heteroatoms. The third-order valence-electron chi connectivity index (χ3n) is 1.95. The van der Waals surface area contributed by atoms with Crippen LogP contribution in [0.1, 0.15) is 6.92 Å². The second kappa shape index (κ2) is 2.94. The van der Waals surface area contributed by atoms with Crippen molar-refractivity contribution < 1.29 is 4.79 Å². The summed E-state index contributed by atoms with van der Waals surface area (Å²) >= 11 is 0. The third-order valence-corrected chi connectivity index (χ3v) is 1.95. The van der Waals surface area contributed by atoms with E-state index < -0.39 is 0 Å². The fourth-order valence-electron chi connectivity index (χ4n) is 1.24. The maximum Gasteiger partial charge on any atom is 0.177 e. The van der Waals surface area contributed by atoms with Crippen molar-refractivity contribution in [3.05, 3.63) is 36.2 Å². The summed E-state index contributed by atoms with van der Waals surface area (Å²) in [5.41, 5.74) is 2.53. The molecule has 0 fully saturated rings. The molecule has 0 unspecified atom stereocenters. The van der Waals surface area contributed by atoms with Crippen molar-refractivity contribution in [3.63, 3.8) is 0 Å². The number of hydrogen-bond donors (Lipinski definition) is 2. The molecule has 1 aromatic rings. The number of fused-ring (bicyclic) bond motifs is 1. The van der Waals surface area contributed by atoms with E-state index in [1.54, 1.807) is 6.20 Å². The van der Waals surface area contributed by atoms with E-state index in [9.17, 15) is 4.79 Å². The van der Waals surface area contributed by atoms with Crippen LogP contribution in [0.4, 0.5) is 11.4 Å². The number of hydrogen-bond acceptors (Lipinski definition) is 3. The minimum absolute atomic E-state index is 0.0296. The molecule has 0 atom stereocenters. The maximum absolute atomic E-state index is 11.0. The van der Waals surface area contributed by atoms with Gasteiger partial charge in [0, 0.05) is 13.1 Å². The molecule has 1 aliphatic rings. The molecular formula is C10H10N2O. The SMILES string of the molecule is CC(=O)C1=CNc2ccccc2N1. The number of para-hydroxylation sites is 2. The number of Topliss-reactive ketones (excluding diaryl/α,β-unsaturated/α-hetero) is 1. The van der Waals surface area contributed by atoms with Gasteiger partial charge >= 0.3 is 0 Å². The van der Waals surface area contributed by atoms with Crippen LogP contribution < -0.4 is 10.6 Å². The first-order valence-electron chi connectivity index (χ1n) is 4.11. The Labute approximate surface area is 76.5 Å². The van der Waals surface area contributed by atoms with Gasteiger partial charge in [0.15, 0.2) is 5.78 Å². The Bertz CT molecular complexity index is 382. The second-order valence-corrected chi connectivity index (χ2v) is 2.93. The van der Waals surface area contributed by atoms with Gasteiger partial charge in [0.1, 0.15) is 0 Å². The number of rotatable bonds is 1. The van der Waals surface area contributed by atoms with Crippen molar-refractivity contribution in [3.8, 4) is 0 Å². The zero-order chi connectivity index (χ0) is 9.26. The highest BCUT2D eigenvalue weighted by atomic mass is 16.1. The highest BCUT2D eigenvalue weighted by Crippen LogP contribution is 2.25. The quantitative estimate of drug-likeness (QED) is 0.683. The van der Waals surface area contributed by atoms with E-state index in [2.05, 4.69) is 10.6 Å². The standard InChI is InChI=1S/C10H10N2O/c1-7(13)10-6-11-8-4-2-3-5-9(8)12-10/h2-6,11-12H,1H3. The predicted molar refractivity (Wildman–Crippen MR) is 52.5 cm³/mol. The maximum atomic E-state index is 11.0. The summed E-state index contributed by atoms with van der Waals surface area (Å²) in [5.74, 6) is 0.0296. The molecule has 0 aliphatic carbocycles. The second-order valence-electron chi connectivity index (χ2n) is 2.93. The Hall–Kier alpha value is -1.77. The van der Waals surface area contributed by atoms with Crippen molar-refractivity contribution in [2.24, 2.45) is 0 Å². The molecule has 1 aromatic carbocycles. The molecule has 13 heavy (non-hydrogen) atoms. The van der Waals surface area contributed by atoms with Crippen LogP contribution in [0.5, 0.6) is 0 Å². The lowest BCUT2D eigenvalue weighted by Crippen LogP contribution is -2.15. The summed E-state index contributed by atoms with van der Waals surface area (Å²) in [6.07, 6.45) is 1.69. The van der Waals surface area contributed by atoms with Crippen LogP contribution >= 0.6 is 0 Å². The summed E-state index contributed by atoms with van der Waals surface area (Å²) < 4.78 is 0. The molecule has 0 amide bonds. The van der Waals surface area contributed by atoms with Crippen molar-refractivity contribution in [1.29, 1.82) is 0 Å². The number of anilines is 2. The topological polar surface area (TPSA) is 41.1 Å².